The van der Waals surface area contributed by atoms with Crippen LogP contribution >= 0.6 is 23.4 Å². The number of carbonyl (C=O) groups excluding carboxylic acids is 1. The Bertz CT molecular complexity index is 1620. The molecular weight excluding hydrogens is 575 g/mol. The third-order valence-electron chi connectivity index (χ3n) is 5.97. The molecule has 1 amide bonds. The standard InChI is InChI=1S/C29H24ClFN2O5S2/c30-21-7-5-20(6-8-21)19-39-28-4-2-1-3-25(28)32-29(34)18-33(23-11-9-22(31)10-12-23)40(35,36)24-13-14-26-27(17-24)38-16-15-37-26/h1-14,17H,15-16,18-19H2,(H,32,34). The molecule has 0 spiro atoms. The quantitative estimate of drug-likeness (QED) is 0.225. The number of fused-ring (bicyclic) bond motifs is 1. The fraction of sp³-hybridized carbons (Fsp3) is 0.138. The molecule has 11 heteroatoms. The molecule has 4 aromatic rings. The average Bonchev–Trinajstić information content (AvgIpc) is 2.96. The Hall–Kier alpha value is -3.73. The summed E-state index contributed by atoms with van der Waals surface area (Å²) in [5.74, 6) is 0.275. The zero-order chi connectivity index (χ0) is 28.1. The minimum Gasteiger partial charge on any atom is -0.486 e. The van der Waals surface area contributed by atoms with Crippen molar-refractivity contribution in [2.24, 2.45) is 0 Å². The number of ether oxygens (including phenoxy) is 2. The van der Waals surface area contributed by atoms with E-state index < -0.39 is 28.3 Å². The number of hydrogen-bond donors (Lipinski definition) is 1. The van der Waals surface area contributed by atoms with Gasteiger partial charge in [0.25, 0.3) is 10.0 Å². The monoisotopic (exact) mass is 598 g/mol. The molecule has 1 N–H and O–H groups in total. The van der Waals surface area contributed by atoms with Crippen LogP contribution in [0.5, 0.6) is 11.5 Å². The van der Waals surface area contributed by atoms with E-state index >= 15 is 0 Å². The summed E-state index contributed by atoms with van der Waals surface area (Å²) in [7, 11) is -4.25. The maximum atomic E-state index is 13.8. The maximum Gasteiger partial charge on any atom is 0.264 e. The summed E-state index contributed by atoms with van der Waals surface area (Å²) in [5.41, 5.74) is 1.74. The summed E-state index contributed by atoms with van der Waals surface area (Å²) in [5, 5.41) is 3.49. The molecule has 0 unspecified atom stereocenters. The molecule has 0 bridgehead atoms. The first-order valence-electron chi connectivity index (χ1n) is 12.2. The van der Waals surface area contributed by atoms with Gasteiger partial charge in [0.1, 0.15) is 25.6 Å². The van der Waals surface area contributed by atoms with Gasteiger partial charge >= 0.3 is 0 Å². The van der Waals surface area contributed by atoms with Gasteiger partial charge in [-0.25, -0.2) is 12.8 Å². The molecule has 0 aromatic heterocycles. The summed E-state index contributed by atoms with van der Waals surface area (Å²) in [6.45, 7) is 0.106. The molecule has 0 radical (unpaired) electrons. The number of anilines is 2. The first-order chi connectivity index (χ1) is 19.3. The second-order valence-corrected chi connectivity index (χ2v) is 12.1. The predicted molar refractivity (Wildman–Crippen MR) is 154 cm³/mol. The number of sulfonamides is 1. The summed E-state index contributed by atoms with van der Waals surface area (Å²) >= 11 is 7.50. The van der Waals surface area contributed by atoms with Crippen LogP contribution in [0.2, 0.25) is 5.02 Å². The second-order valence-electron chi connectivity index (χ2n) is 8.75. The van der Waals surface area contributed by atoms with E-state index in [0.29, 0.717) is 34.6 Å². The van der Waals surface area contributed by atoms with Gasteiger partial charge in [0.05, 0.1) is 16.3 Å². The Labute approximate surface area is 240 Å². The van der Waals surface area contributed by atoms with E-state index in [9.17, 15) is 17.6 Å². The number of thioether (sulfide) groups is 1. The highest BCUT2D eigenvalue weighted by Crippen LogP contribution is 2.35. The predicted octanol–water partition coefficient (Wildman–Crippen LogP) is 6.38. The zero-order valence-electron chi connectivity index (χ0n) is 21.0. The van der Waals surface area contributed by atoms with Crippen LogP contribution in [0.15, 0.2) is 101 Å². The number of benzene rings is 4. The largest absolute Gasteiger partial charge is 0.486 e. The number of halogens is 2. The highest BCUT2D eigenvalue weighted by atomic mass is 35.5. The van der Waals surface area contributed by atoms with Crippen molar-refractivity contribution >= 4 is 50.7 Å². The van der Waals surface area contributed by atoms with E-state index in [0.717, 1.165) is 26.9 Å². The average molecular weight is 599 g/mol. The van der Waals surface area contributed by atoms with Gasteiger partial charge < -0.3 is 14.8 Å². The van der Waals surface area contributed by atoms with Crippen LogP contribution in [-0.2, 0) is 20.6 Å². The molecular formula is C29H24ClFN2O5S2. The number of hydrogen-bond acceptors (Lipinski definition) is 6. The summed E-state index contributed by atoms with van der Waals surface area (Å²) < 4.78 is 53.2. The Morgan fingerprint density at radius 1 is 0.925 bits per heavy atom. The number of para-hydroxylation sites is 1. The smallest absolute Gasteiger partial charge is 0.264 e. The minimum absolute atomic E-state index is 0.0900. The van der Waals surface area contributed by atoms with E-state index in [2.05, 4.69) is 5.32 Å². The summed E-state index contributed by atoms with van der Waals surface area (Å²) in [4.78, 5) is 14.0. The fourth-order valence-electron chi connectivity index (χ4n) is 3.99. The molecule has 1 heterocycles. The first kappa shape index (κ1) is 27.8. The normalized spacial score (nSPS) is 12.6. The van der Waals surface area contributed by atoms with Gasteiger partial charge in [0, 0.05) is 21.7 Å². The van der Waals surface area contributed by atoms with E-state index in [4.69, 9.17) is 21.1 Å². The van der Waals surface area contributed by atoms with Crippen LogP contribution in [-0.4, -0.2) is 34.1 Å². The highest BCUT2D eigenvalue weighted by Gasteiger charge is 2.29. The topological polar surface area (TPSA) is 84.9 Å². The summed E-state index contributed by atoms with van der Waals surface area (Å²) in [6, 6.07) is 23.9. The van der Waals surface area contributed by atoms with Gasteiger partial charge in [0.2, 0.25) is 5.91 Å². The van der Waals surface area contributed by atoms with E-state index in [1.165, 1.54) is 42.1 Å². The second kappa shape index (κ2) is 12.2. The third kappa shape index (κ3) is 6.52. The van der Waals surface area contributed by atoms with Crippen molar-refractivity contribution in [2.75, 3.05) is 29.4 Å². The number of rotatable bonds is 9. The van der Waals surface area contributed by atoms with Gasteiger partial charge in [-0.1, -0.05) is 35.9 Å². The van der Waals surface area contributed by atoms with Crippen molar-refractivity contribution in [1.82, 2.24) is 0 Å². The van der Waals surface area contributed by atoms with Crippen LogP contribution in [0.1, 0.15) is 5.56 Å². The van der Waals surface area contributed by atoms with E-state index in [1.807, 2.05) is 36.4 Å². The lowest BCUT2D eigenvalue weighted by atomic mass is 10.2. The number of carbonyl (C=O) groups is 1. The lowest BCUT2D eigenvalue weighted by molar-refractivity contribution is -0.114. The van der Waals surface area contributed by atoms with Gasteiger partial charge in [-0.3, -0.25) is 9.10 Å². The molecule has 0 saturated carbocycles. The molecule has 0 saturated heterocycles. The van der Waals surface area contributed by atoms with Crippen molar-refractivity contribution in [3.05, 3.63) is 107 Å². The van der Waals surface area contributed by atoms with E-state index in [-0.39, 0.29) is 17.2 Å². The van der Waals surface area contributed by atoms with Gasteiger partial charge in [0.15, 0.2) is 11.5 Å². The lowest BCUT2D eigenvalue weighted by Crippen LogP contribution is -2.38. The SMILES string of the molecule is O=C(CN(c1ccc(F)cc1)S(=O)(=O)c1ccc2c(c1)OCCO2)Nc1ccccc1SCc1ccc(Cl)cc1. The summed E-state index contributed by atoms with van der Waals surface area (Å²) in [6.07, 6.45) is 0. The van der Waals surface area contributed by atoms with Crippen LogP contribution in [0, 0.1) is 5.82 Å². The lowest BCUT2D eigenvalue weighted by Gasteiger charge is -2.25. The molecule has 1 aliphatic rings. The number of nitrogens with one attached hydrogen (secondary N) is 1. The Balaban J connectivity index is 1.38. The molecule has 5 rings (SSSR count). The molecule has 0 atom stereocenters. The van der Waals surface area contributed by atoms with Crippen molar-refractivity contribution in [2.45, 2.75) is 15.5 Å². The van der Waals surface area contributed by atoms with Crippen molar-refractivity contribution in [3.8, 4) is 11.5 Å². The van der Waals surface area contributed by atoms with Crippen LogP contribution in [0.4, 0.5) is 15.8 Å². The fourth-order valence-corrected chi connectivity index (χ4v) is 6.52. The van der Waals surface area contributed by atoms with E-state index in [1.54, 1.807) is 12.1 Å². The van der Waals surface area contributed by atoms with Gasteiger partial charge in [-0.15, -0.1) is 11.8 Å². The Kier molecular flexibility index (Phi) is 8.49. The maximum absolute atomic E-state index is 13.8. The van der Waals surface area contributed by atoms with Crippen molar-refractivity contribution in [3.63, 3.8) is 0 Å². The van der Waals surface area contributed by atoms with Gasteiger partial charge in [-0.05, 0) is 66.2 Å². The number of amides is 1. The molecule has 40 heavy (non-hydrogen) atoms. The van der Waals surface area contributed by atoms with Crippen molar-refractivity contribution < 1.29 is 27.1 Å². The van der Waals surface area contributed by atoms with Crippen LogP contribution in [0.25, 0.3) is 0 Å². The molecule has 1 aliphatic heterocycles. The molecule has 0 fully saturated rings. The molecule has 4 aromatic carbocycles. The molecule has 0 aliphatic carbocycles. The Morgan fingerprint density at radius 2 is 1.62 bits per heavy atom. The van der Waals surface area contributed by atoms with Gasteiger partial charge in [-0.2, -0.15) is 0 Å². The zero-order valence-corrected chi connectivity index (χ0v) is 23.4. The minimum atomic E-state index is -4.25. The van der Waals surface area contributed by atoms with Crippen LogP contribution in [0.3, 0.4) is 0 Å². The highest BCUT2D eigenvalue weighted by molar-refractivity contribution is 7.98. The molecule has 206 valence electrons. The van der Waals surface area contributed by atoms with Crippen LogP contribution < -0.4 is 19.1 Å². The Morgan fingerprint density at radius 3 is 2.38 bits per heavy atom. The third-order valence-corrected chi connectivity index (χ3v) is 9.14. The first-order valence-corrected chi connectivity index (χ1v) is 15.0. The molecule has 7 nitrogen and oxygen atoms in total. The number of nitrogens with zero attached hydrogens (tertiary/aromatic N) is 1. The van der Waals surface area contributed by atoms with Crippen molar-refractivity contribution in [1.29, 1.82) is 0 Å².